The number of fused-ring (bicyclic) bond motifs is 1. The summed E-state index contributed by atoms with van der Waals surface area (Å²) < 4.78 is 0. The van der Waals surface area contributed by atoms with Crippen LogP contribution < -0.4 is 15.5 Å². The SMILES string of the molecule is Cc1ccccc1N1CCN(C(=O)N[C@@H](C(=O)Nc2cc(CN(C)C)ccc2C(=O)N2CCCC2)[C@@H](C)c2c[nH]c3ccccc23)CC1. The Kier molecular flexibility index (Phi) is 10.0. The van der Waals surface area contributed by atoms with Crippen LogP contribution in [0.25, 0.3) is 10.9 Å². The molecule has 3 heterocycles. The second kappa shape index (κ2) is 14.5. The third-order valence-corrected chi connectivity index (χ3v) is 9.66. The number of anilines is 2. The first-order valence-electron chi connectivity index (χ1n) is 17.0. The molecule has 0 aliphatic carbocycles. The molecular weight excluding hydrogens is 602 g/mol. The molecule has 0 spiro atoms. The number of likely N-dealkylation sites (tertiary alicyclic amines) is 1. The summed E-state index contributed by atoms with van der Waals surface area (Å²) >= 11 is 0. The summed E-state index contributed by atoms with van der Waals surface area (Å²) in [6, 6.07) is 20.7. The number of piperazine rings is 1. The van der Waals surface area contributed by atoms with Crippen molar-refractivity contribution in [3.63, 3.8) is 0 Å². The standard InChI is InChI=1S/C38H47N7O3/c1-26-11-5-8-14-34(26)43-19-21-45(22-20-43)38(48)41-35(27(2)31-24-39-32-13-7-6-12-29(31)32)36(46)40-33-23-28(25-42(3)4)15-16-30(33)37(47)44-17-9-10-18-44/h5-8,11-16,23-24,27,35,39H,9-10,17-22,25H2,1-4H3,(H,40,46)(H,41,48)/t27-,35+/m0/s1. The number of aryl methyl sites for hydroxylation is 1. The first-order valence-corrected chi connectivity index (χ1v) is 17.0. The van der Waals surface area contributed by atoms with Gasteiger partial charge in [0.2, 0.25) is 5.91 Å². The molecule has 10 heteroatoms. The number of nitrogens with zero attached hydrogens (tertiary/aromatic N) is 4. The number of amides is 4. The number of benzene rings is 3. The van der Waals surface area contributed by atoms with Gasteiger partial charge in [0.15, 0.2) is 0 Å². The molecule has 4 amide bonds. The molecule has 0 radical (unpaired) electrons. The fraction of sp³-hybridized carbons (Fsp3) is 0.395. The van der Waals surface area contributed by atoms with Crippen molar-refractivity contribution in [1.29, 1.82) is 0 Å². The lowest BCUT2D eigenvalue weighted by Crippen LogP contribution is -2.56. The minimum Gasteiger partial charge on any atom is -0.368 e. The summed E-state index contributed by atoms with van der Waals surface area (Å²) in [5, 5.41) is 7.22. The number of urea groups is 1. The Hall–Kier alpha value is -4.83. The van der Waals surface area contributed by atoms with Gasteiger partial charge in [-0.05, 0) is 74.8 Å². The number of carbonyl (C=O) groups excluding carboxylic acids is 3. The first-order chi connectivity index (χ1) is 23.2. The van der Waals surface area contributed by atoms with Gasteiger partial charge in [0.25, 0.3) is 5.91 Å². The van der Waals surface area contributed by atoms with Gasteiger partial charge in [-0.3, -0.25) is 9.59 Å². The molecule has 0 bridgehead atoms. The van der Waals surface area contributed by atoms with Crippen LogP contribution in [-0.2, 0) is 11.3 Å². The molecule has 3 aromatic carbocycles. The van der Waals surface area contributed by atoms with E-state index in [1.807, 2.05) is 91.6 Å². The van der Waals surface area contributed by atoms with Gasteiger partial charge in [0.05, 0.1) is 11.3 Å². The number of hydrogen-bond acceptors (Lipinski definition) is 5. The summed E-state index contributed by atoms with van der Waals surface area (Å²) in [5.41, 5.74) is 6.19. The van der Waals surface area contributed by atoms with Crippen LogP contribution in [-0.4, -0.2) is 96.9 Å². The van der Waals surface area contributed by atoms with E-state index in [0.717, 1.165) is 34.9 Å². The fourth-order valence-electron chi connectivity index (χ4n) is 7.01. The van der Waals surface area contributed by atoms with Gasteiger partial charge < -0.3 is 35.2 Å². The number of aromatic nitrogens is 1. The van der Waals surface area contributed by atoms with Crippen molar-refractivity contribution in [3.05, 3.63) is 95.2 Å². The van der Waals surface area contributed by atoms with Gasteiger partial charge in [-0.15, -0.1) is 0 Å². The molecule has 2 aliphatic rings. The zero-order chi connectivity index (χ0) is 33.8. The highest BCUT2D eigenvalue weighted by atomic mass is 16.2. The predicted octanol–water partition coefficient (Wildman–Crippen LogP) is 5.42. The number of nitrogens with one attached hydrogen (secondary N) is 3. The van der Waals surface area contributed by atoms with Gasteiger partial charge in [0.1, 0.15) is 6.04 Å². The predicted molar refractivity (Wildman–Crippen MR) is 192 cm³/mol. The van der Waals surface area contributed by atoms with E-state index in [4.69, 9.17) is 0 Å². The highest BCUT2D eigenvalue weighted by Crippen LogP contribution is 2.30. The zero-order valence-corrected chi connectivity index (χ0v) is 28.5. The van der Waals surface area contributed by atoms with E-state index in [0.29, 0.717) is 57.1 Å². The molecule has 2 atom stereocenters. The Morgan fingerprint density at radius 1 is 0.875 bits per heavy atom. The van der Waals surface area contributed by atoms with Crippen molar-refractivity contribution >= 4 is 40.1 Å². The molecule has 252 valence electrons. The zero-order valence-electron chi connectivity index (χ0n) is 28.5. The summed E-state index contributed by atoms with van der Waals surface area (Å²) in [4.78, 5) is 53.2. The molecule has 48 heavy (non-hydrogen) atoms. The Balaban J connectivity index is 1.27. The molecule has 0 saturated carbocycles. The summed E-state index contributed by atoms with van der Waals surface area (Å²) in [6.07, 6.45) is 3.87. The monoisotopic (exact) mass is 649 g/mol. The molecular formula is C38H47N7O3. The molecule has 2 saturated heterocycles. The average Bonchev–Trinajstić information content (AvgIpc) is 3.78. The first kappa shape index (κ1) is 33.1. The molecule has 4 aromatic rings. The molecule has 2 fully saturated rings. The van der Waals surface area contributed by atoms with Crippen molar-refractivity contribution in [2.75, 3.05) is 63.6 Å². The Morgan fingerprint density at radius 2 is 1.58 bits per heavy atom. The van der Waals surface area contributed by atoms with Gasteiger partial charge >= 0.3 is 6.03 Å². The van der Waals surface area contributed by atoms with E-state index in [1.54, 1.807) is 4.90 Å². The maximum atomic E-state index is 14.4. The second-order valence-electron chi connectivity index (χ2n) is 13.4. The number of H-pyrrole nitrogens is 1. The van der Waals surface area contributed by atoms with Crippen molar-refractivity contribution in [2.45, 2.75) is 45.2 Å². The Bertz CT molecular complexity index is 1770. The third-order valence-electron chi connectivity index (χ3n) is 9.66. The van der Waals surface area contributed by atoms with Crippen LogP contribution in [0.5, 0.6) is 0 Å². The number of para-hydroxylation sites is 2. The molecule has 0 unspecified atom stereocenters. The molecule has 6 rings (SSSR count). The van der Waals surface area contributed by atoms with Crippen molar-refractivity contribution in [1.82, 2.24) is 25.0 Å². The Morgan fingerprint density at radius 3 is 2.31 bits per heavy atom. The number of rotatable bonds is 9. The van der Waals surface area contributed by atoms with E-state index >= 15 is 0 Å². The van der Waals surface area contributed by atoms with Gasteiger partial charge in [0, 0.05) is 74.5 Å². The quantitative estimate of drug-likeness (QED) is 0.225. The van der Waals surface area contributed by atoms with Gasteiger partial charge in [-0.1, -0.05) is 49.4 Å². The van der Waals surface area contributed by atoms with E-state index in [-0.39, 0.29) is 23.8 Å². The maximum Gasteiger partial charge on any atom is 0.318 e. The van der Waals surface area contributed by atoms with Gasteiger partial charge in [-0.25, -0.2) is 4.79 Å². The van der Waals surface area contributed by atoms with Crippen molar-refractivity contribution < 1.29 is 14.4 Å². The lowest BCUT2D eigenvalue weighted by atomic mass is 9.92. The highest BCUT2D eigenvalue weighted by molar-refractivity contribution is 6.06. The van der Waals surface area contributed by atoms with Crippen LogP contribution in [0.4, 0.5) is 16.2 Å². The van der Waals surface area contributed by atoms with Crippen LogP contribution >= 0.6 is 0 Å². The minimum atomic E-state index is -0.904. The lowest BCUT2D eigenvalue weighted by molar-refractivity contribution is -0.118. The molecule has 3 N–H and O–H groups in total. The largest absolute Gasteiger partial charge is 0.368 e. The van der Waals surface area contributed by atoms with E-state index in [2.05, 4.69) is 39.6 Å². The van der Waals surface area contributed by atoms with Crippen molar-refractivity contribution in [2.24, 2.45) is 0 Å². The minimum absolute atomic E-state index is 0.0870. The van der Waals surface area contributed by atoms with E-state index in [1.165, 1.54) is 11.3 Å². The number of hydrogen-bond donors (Lipinski definition) is 3. The normalized spacial score (nSPS) is 16.3. The topological polar surface area (TPSA) is 104 Å². The molecule has 2 aliphatic heterocycles. The average molecular weight is 650 g/mol. The summed E-state index contributed by atoms with van der Waals surface area (Å²) in [7, 11) is 3.97. The number of aromatic amines is 1. The van der Waals surface area contributed by atoms with Crippen LogP contribution in [0.3, 0.4) is 0 Å². The second-order valence-corrected chi connectivity index (χ2v) is 13.4. The number of carbonyl (C=O) groups is 3. The van der Waals surface area contributed by atoms with Gasteiger partial charge in [-0.2, -0.15) is 0 Å². The summed E-state index contributed by atoms with van der Waals surface area (Å²) in [6.45, 7) is 8.62. The fourth-order valence-corrected chi connectivity index (χ4v) is 7.01. The highest BCUT2D eigenvalue weighted by Gasteiger charge is 2.33. The van der Waals surface area contributed by atoms with Crippen LogP contribution in [0.1, 0.15) is 52.7 Å². The van der Waals surface area contributed by atoms with Crippen LogP contribution in [0.2, 0.25) is 0 Å². The smallest absolute Gasteiger partial charge is 0.318 e. The van der Waals surface area contributed by atoms with E-state index in [9.17, 15) is 14.4 Å². The maximum absolute atomic E-state index is 14.4. The van der Waals surface area contributed by atoms with E-state index < -0.39 is 6.04 Å². The Labute approximate surface area is 283 Å². The lowest BCUT2D eigenvalue weighted by Gasteiger charge is -2.37. The van der Waals surface area contributed by atoms with Crippen molar-refractivity contribution in [3.8, 4) is 0 Å². The summed E-state index contributed by atoms with van der Waals surface area (Å²) in [5.74, 6) is -0.825. The van der Waals surface area contributed by atoms with Crippen LogP contribution in [0.15, 0.2) is 72.9 Å². The molecule has 1 aromatic heterocycles. The van der Waals surface area contributed by atoms with Crippen LogP contribution in [0, 0.1) is 6.92 Å². The third kappa shape index (κ3) is 7.18. The molecule has 10 nitrogen and oxygen atoms in total.